The molecule has 4 aromatic rings. The summed E-state index contributed by atoms with van der Waals surface area (Å²) in [5.74, 6) is 7.73. The smallest absolute Gasteiger partial charge is 0.210 e. The molecule has 27 heavy (non-hydrogen) atoms. The van der Waals surface area contributed by atoms with Gasteiger partial charge in [-0.25, -0.2) is 9.36 Å². The topological polar surface area (TPSA) is 101 Å². The summed E-state index contributed by atoms with van der Waals surface area (Å²) >= 11 is 7.65. The van der Waals surface area contributed by atoms with E-state index in [0.717, 1.165) is 11.3 Å². The third-order valence-electron chi connectivity index (χ3n) is 4.03. The number of hydrogen-bond acceptors (Lipinski definition) is 6. The van der Waals surface area contributed by atoms with E-state index < -0.39 is 0 Å². The fraction of sp³-hybridized carbons (Fsp3) is 0.0556. The predicted octanol–water partition coefficient (Wildman–Crippen LogP) is 3.37. The van der Waals surface area contributed by atoms with Crippen LogP contribution in [0.1, 0.15) is 5.56 Å². The third kappa shape index (κ3) is 3.36. The Bertz CT molecular complexity index is 1070. The summed E-state index contributed by atoms with van der Waals surface area (Å²) in [5, 5.41) is 14.0. The maximum absolute atomic E-state index is 6.27. The number of nitrogens with zero attached hydrogens (tertiary/aromatic N) is 5. The lowest BCUT2D eigenvalue weighted by atomic mass is 10.2. The van der Waals surface area contributed by atoms with Crippen LogP contribution in [0, 0.1) is 0 Å². The van der Waals surface area contributed by atoms with Gasteiger partial charge in [0.05, 0.1) is 17.4 Å². The molecule has 4 N–H and O–H groups in total. The lowest BCUT2D eigenvalue weighted by Gasteiger charge is -2.06. The van der Waals surface area contributed by atoms with Crippen molar-refractivity contribution in [3.63, 3.8) is 0 Å². The summed E-state index contributed by atoms with van der Waals surface area (Å²) < 4.78 is 3.06. The highest BCUT2D eigenvalue weighted by molar-refractivity contribution is 7.98. The van der Waals surface area contributed by atoms with E-state index in [1.54, 1.807) is 10.9 Å². The van der Waals surface area contributed by atoms with E-state index in [4.69, 9.17) is 23.2 Å². The van der Waals surface area contributed by atoms with Crippen molar-refractivity contribution in [2.45, 2.75) is 10.9 Å². The first-order chi connectivity index (χ1) is 13.1. The summed E-state index contributed by atoms with van der Waals surface area (Å²) in [5.41, 5.74) is 8.76. The van der Waals surface area contributed by atoms with E-state index in [0.29, 0.717) is 33.1 Å². The van der Waals surface area contributed by atoms with E-state index in [1.807, 2.05) is 54.6 Å². The van der Waals surface area contributed by atoms with Gasteiger partial charge in [0, 0.05) is 10.8 Å². The van der Waals surface area contributed by atoms with Crippen LogP contribution in [-0.2, 0) is 5.75 Å². The number of para-hydroxylation sites is 1. The van der Waals surface area contributed by atoms with Gasteiger partial charge in [-0.05, 0) is 23.8 Å². The maximum Gasteiger partial charge on any atom is 0.210 e. The van der Waals surface area contributed by atoms with Gasteiger partial charge in [-0.3, -0.25) is 0 Å². The number of anilines is 1. The van der Waals surface area contributed by atoms with E-state index >= 15 is 0 Å². The van der Waals surface area contributed by atoms with Crippen LogP contribution in [0.15, 0.2) is 66.0 Å². The molecule has 0 aliphatic heterocycles. The molecule has 136 valence electrons. The second-order valence-corrected chi connectivity index (χ2v) is 7.10. The van der Waals surface area contributed by atoms with Gasteiger partial charge in [0.1, 0.15) is 5.82 Å². The molecule has 0 fully saturated rings. The number of benzene rings is 2. The van der Waals surface area contributed by atoms with E-state index in [1.165, 1.54) is 16.4 Å². The minimum Gasteiger partial charge on any atom is -0.383 e. The van der Waals surface area contributed by atoms with Crippen LogP contribution in [0.3, 0.4) is 0 Å². The van der Waals surface area contributed by atoms with Crippen molar-refractivity contribution in [2.75, 3.05) is 11.6 Å². The first-order valence-electron chi connectivity index (χ1n) is 8.11. The van der Waals surface area contributed by atoms with Gasteiger partial charge in [-0.1, -0.05) is 59.8 Å². The van der Waals surface area contributed by atoms with Crippen LogP contribution in [0.25, 0.3) is 17.1 Å². The van der Waals surface area contributed by atoms with Gasteiger partial charge in [-0.2, -0.15) is 5.10 Å². The number of nitrogens with two attached hydrogens (primary N) is 2. The first-order valence-corrected chi connectivity index (χ1v) is 9.47. The van der Waals surface area contributed by atoms with Crippen LogP contribution >= 0.6 is 23.4 Å². The highest BCUT2D eigenvalue weighted by Gasteiger charge is 2.19. The molecular weight excluding hydrogens is 382 g/mol. The predicted molar refractivity (Wildman–Crippen MR) is 108 cm³/mol. The summed E-state index contributed by atoms with van der Waals surface area (Å²) in [6.07, 6.45) is 1.64. The van der Waals surface area contributed by atoms with Gasteiger partial charge < -0.3 is 11.6 Å². The zero-order chi connectivity index (χ0) is 18.8. The van der Waals surface area contributed by atoms with Gasteiger partial charge >= 0.3 is 0 Å². The zero-order valence-corrected chi connectivity index (χ0v) is 15.7. The first kappa shape index (κ1) is 17.4. The Morgan fingerprint density at radius 2 is 1.74 bits per heavy atom. The molecule has 0 saturated heterocycles. The van der Waals surface area contributed by atoms with E-state index in [2.05, 4.69) is 15.3 Å². The molecule has 0 aliphatic carbocycles. The SMILES string of the molecule is Nc1c(-c2nnc(SCc3ccccc3Cl)n2N)cnn1-c1ccccc1. The fourth-order valence-electron chi connectivity index (χ4n) is 2.62. The van der Waals surface area contributed by atoms with Gasteiger partial charge in [0.25, 0.3) is 0 Å². The average Bonchev–Trinajstić information content (AvgIpc) is 3.24. The molecule has 0 saturated carbocycles. The molecule has 7 nitrogen and oxygen atoms in total. The molecular formula is C18H16ClN7S. The number of rotatable bonds is 5. The van der Waals surface area contributed by atoms with Crippen molar-refractivity contribution < 1.29 is 0 Å². The molecule has 0 aliphatic rings. The van der Waals surface area contributed by atoms with Crippen LogP contribution < -0.4 is 11.6 Å². The van der Waals surface area contributed by atoms with Crippen molar-refractivity contribution in [2.24, 2.45) is 0 Å². The van der Waals surface area contributed by atoms with Gasteiger partial charge in [0.2, 0.25) is 5.16 Å². The van der Waals surface area contributed by atoms with Crippen LogP contribution in [0.5, 0.6) is 0 Å². The number of halogens is 1. The molecule has 0 radical (unpaired) electrons. The largest absolute Gasteiger partial charge is 0.383 e. The Labute approximate surface area is 164 Å². The molecule has 0 atom stereocenters. The van der Waals surface area contributed by atoms with Crippen LogP contribution in [0.2, 0.25) is 5.02 Å². The molecule has 4 rings (SSSR count). The Balaban J connectivity index is 1.60. The minimum absolute atomic E-state index is 0.447. The Hall–Kier alpha value is -2.97. The molecule has 0 spiro atoms. The van der Waals surface area contributed by atoms with E-state index in [-0.39, 0.29) is 0 Å². The Morgan fingerprint density at radius 1 is 1.00 bits per heavy atom. The second-order valence-electron chi connectivity index (χ2n) is 5.75. The maximum atomic E-state index is 6.27. The second kappa shape index (κ2) is 7.34. The average molecular weight is 398 g/mol. The lowest BCUT2D eigenvalue weighted by Crippen LogP contribution is -2.12. The molecule has 2 aromatic heterocycles. The number of thioether (sulfide) groups is 1. The quantitative estimate of drug-likeness (QED) is 0.395. The molecule has 9 heteroatoms. The Morgan fingerprint density at radius 3 is 2.52 bits per heavy atom. The highest BCUT2D eigenvalue weighted by Crippen LogP contribution is 2.30. The normalized spacial score (nSPS) is 11.0. The highest BCUT2D eigenvalue weighted by atomic mass is 35.5. The van der Waals surface area contributed by atoms with Crippen LogP contribution in [0.4, 0.5) is 5.82 Å². The van der Waals surface area contributed by atoms with E-state index in [9.17, 15) is 0 Å². The molecule has 0 unspecified atom stereocenters. The molecule has 2 aromatic carbocycles. The number of aromatic nitrogens is 5. The number of nitrogen functional groups attached to an aromatic ring is 2. The summed E-state index contributed by atoms with van der Waals surface area (Å²) in [4.78, 5) is 0. The fourth-order valence-corrected chi connectivity index (χ4v) is 3.76. The van der Waals surface area contributed by atoms with Crippen molar-refractivity contribution in [3.05, 3.63) is 71.4 Å². The van der Waals surface area contributed by atoms with Gasteiger partial charge in [-0.15, -0.1) is 10.2 Å². The number of hydrogen-bond donors (Lipinski definition) is 2. The van der Waals surface area contributed by atoms with Gasteiger partial charge in [0.15, 0.2) is 5.82 Å². The monoisotopic (exact) mass is 397 g/mol. The van der Waals surface area contributed by atoms with Crippen molar-refractivity contribution in [3.8, 4) is 17.1 Å². The zero-order valence-electron chi connectivity index (χ0n) is 14.2. The molecule has 0 amide bonds. The molecule has 2 heterocycles. The summed E-state index contributed by atoms with van der Waals surface area (Å²) in [6, 6.07) is 17.3. The Kier molecular flexibility index (Phi) is 4.74. The summed E-state index contributed by atoms with van der Waals surface area (Å²) in [7, 11) is 0. The lowest BCUT2D eigenvalue weighted by molar-refractivity contribution is 0.849. The van der Waals surface area contributed by atoms with Crippen molar-refractivity contribution in [1.82, 2.24) is 24.7 Å². The van der Waals surface area contributed by atoms with Crippen molar-refractivity contribution >= 4 is 29.2 Å². The minimum atomic E-state index is 0.447. The van der Waals surface area contributed by atoms with Crippen molar-refractivity contribution in [1.29, 1.82) is 0 Å². The third-order valence-corrected chi connectivity index (χ3v) is 5.39. The van der Waals surface area contributed by atoms with Crippen LogP contribution in [-0.4, -0.2) is 24.7 Å². The summed E-state index contributed by atoms with van der Waals surface area (Å²) in [6.45, 7) is 0. The standard InChI is InChI=1S/C18H16ClN7S/c19-15-9-5-4-6-12(15)11-27-18-24-23-17(25(18)21)14-10-22-26(16(14)20)13-7-2-1-3-8-13/h1-10H,11,20-21H2. The molecule has 0 bridgehead atoms.